The van der Waals surface area contributed by atoms with Crippen LogP contribution in [0.4, 0.5) is 0 Å². The topological polar surface area (TPSA) is 125 Å². The van der Waals surface area contributed by atoms with Crippen molar-refractivity contribution in [1.82, 2.24) is 19.9 Å². The number of nitrogens with zero attached hydrogens (tertiary/aromatic N) is 4. The van der Waals surface area contributed by atoms with Crippen LogP contribution in [0.5, 0.6) is 58.0 Å². The first-order valence-electron chi connectivity index (χ1n) is 35.0. The lowest BCUT2D eigenvalue weighted by atomic mass is 9.85. The third kappa shape index (κ3) is 18.3. The van der Waals surface area contributed by atoms with Crippen molar-refractivity contribution >= 4 is 49.9 Å². The summed E-state index contributed by atoms with van der Waals surface area (Å²) < 4.78 is 52.7. The summed E-state index contributed by atoms with van der Waals surface area (Å²) in [4.78, 5) is 20.8. The molecular formula is C88H86N4O8Si4. The summed E-state index contributed by atoms with van der Waals surface area (Å²) >= 11 is 0. The highest BCUT2D eigenvalue weighted by Crippen LogP contribution is 2.50. The second-order valence-electron chi connectivity index (χ2n) is 25.8. The van der Waals surface area contributed by atoms with Crippen LogP contribution in [0, 0.1) is 41.5 Å². The quantitative estimate of drug-likeness (QED) is 0.0398. The van der Waals surface area contributed by atoms with Gasteiger partial charge in [-0.1, -0.05) is 180 Å². The monoisotopic (exact) mass is 1440 g/mol. The van der Waals surface area contributed by atoms with Crippen molar-refractivity contribution in [3.63, 3.8) is 0 Å². The van der Waals surface area contributed by atoms with Crippen LogP contribution in [-0.4, -0.2) is 72.7 Å². The van der Waals surface area contributed by atoms with Crippen LogP contribution in [0.15, 0.2) is 267 Å². The molecule has 0 amide bonds. The zero-order chi connectivity index (χ0) is 73.1. The summed E-state index contributed by atoms with van der Waals surface area (Å²) in [5.74, 6) is 6.51. The zero-order valence-corrected chi connectivity index (χ0v) is 64.7. The highest BCUT2D eigenvalue weighted by atomic mass is 28.2. The summed E-state index contributed by atoms with van der Waals surface area (Å²) in [5.41, 5.74) is 6.42. The Morgan fingerprint density at radius 2 is 0.615 bits per heavy atom. The van der Waals surface area contributed by atoms with E-state index in [9.17, 15) is 0 Å². The van der Waals surface area contributed by atoms with Gasteiger partial charge in [0.1, 0.15) is 56.9 Å². The Kier molecular flexibility index (Phi) is 25.2. The van der Waals surface area contributed by atoms with Gasteiger partial charge in [-0.25, -0.2) is 19.9 Å². The second-order valence-corrected chi connectivity index (χ2v) is 29.1. The van der Waals surface area contributed by atoms with E-state index in [1.807, 2.05) is 211 Å². The largest absolute Gasteiger partial charge is 0.494 e. The molecule has 0 saturated carbocycles. The Hall–Kier alpha value is -10.1. The molecule has 0 fully saturated rings. The van der Waals surface area contributed by atoms with Gasteiger partial charge in [0.15, 0.2) is 0 Å². The molecule has 8 aromatic carbocycles. The van der Waals surface area contributed by atoms with Crippen molar-refractivity contribution in [1.29, 1.82) is 0 Å². The predicted molar refractivity (Wildman–Crippen MR) is 419 cm³/mol. The standard InChI is InChI=1S/C46H46N2O5Si2.C42H40N2O3Si2/c1-7-49-37-23-19-35(20-24-37)45(29-54,41-27-31(3)33(5)43(47-41)51-39-15-11-9-12-16-39)53-46(30-55,36-21-25-38(26-22-36)50-8-2)42-28-32(4)34(6)44(48-42)52-40-17-13-10-14-18-40;1-31-25-27-37(43-39(31)45-33-17-9-5-10-18-33)41(3,29-48-35-21-13-7-14-22-35)47-42(4,30-49-36-23-15-8-16-24-36)38-28-26-32(2)40(44-38)46-34-19-11-6-12-20-34/h9-28H,7-8,29-30H2,1-6H3;5-28H,29-30H2,1-4H3. The molecule has 0 aliphatic rings. The van der Waals surface area contributed by atoms with Gasteiger partial charge < -0.3 is 37.9 Å². The van der Waals surface area contributed by atoms with Crippen LogP contribution in [0.2, 0.25) is 24.2 Å². The predicted octanol–water partition coefficient (Wildman–Crippen LogP) is 19.2. The molecule has 0 bridgehead atoms. The molecule has 104 heavy (non-hydrogen) atoms. The van der Waals surface area contributed by atoms with Gasteiger partial charge in [0.25, 0.3) is 0 Å². The average molecular weight is 1440 g/mol. The Bertz CT molecular complexity index is 4430. The molecule has 16 heteroatoms. The minimum atomic E-state index is -1.21. The van der Waals surface area contributed by atoms with Crippen LogP contribution < -0.4 is 38.8 Å². The number of para-hydroxylation sites is 4. The smallest absolute Gasteiger partial charge is 0.222 e. The molecule has 10 radical (unpaired) electrons. The highest BCUT2D eigenvalue weighted by Gasteiger charge is 2.48. The molecule has 0 aliphatic carbocycles. The number of aromatic nitrogens is 4. The second kappa shape index (κ2) is 34.9. The Morgan fingerprint density at radius 1 is 0.317 bits per heavy atom. The van der Waals surface area contributed by atoms with E-state index in [1.54, 1.807) is 0 Å². The summed E-state index contributed by atoms with van der Waals surface area (Å²) in [5, 5.41) is 2.54. The molecule has 0 aliphatic heterocycles. The zero-order valence-electron chi connectivity index (χ0n) is 60.7. The van der Waals surface area contributed by atoms with Gasteiger partial charge in [-0.2, -0.15) is 0 Å². The summed E-state index contributed by atoms with van der Waals surface area (Å²) in [6, 6.07) is 90.7. The number of pyridine rings is 4. The number of aryl methyl sites for hydroxylation is 4. The van der Waals surface area contributed by atoms with Crippen LogP contribution in [-0.2, 0) is 31.9 Å². The molecule has 4 heterocycles. The molecule has 12 aromatic rings. The van der Waals surface area contributed by atoms with E-state index in [-0.39, 0.29) is 0 Å². The van der Waals surface area contributed by atoms with Gasteiger partial charge in [-0.05, 0) is 213 Å². The number of hydrogen-bond donors (Lipinski definition) is 0. The van der Waals surface area contributed by atoms with Gasteiger partial charge in [-0.3, -0.25) is 0 Å². The van der Waals surface area contributed by atoms with Gasteiger partial charge in [0, 0.05) is 42.7 Å². The first kappa shape index (κ1) is 75.1. The van der Waals surface area contributed by atoms with Crippen LogP contribution >= 0.6 is 0 Å². The molecular weight excluding hydrogens is 1350 g/mol. The fourth-order valence-electron chi connectivity index (χ4n) is 12.0. The van der Waals surface area contributed by atoms with E-state index in [1.165, 1.54) is 10.4 Å². The average Bonchev–Trinajstić information content (AvgIpc) is 0.732. The maximum atomic E-state index is 7.85. The molecule has 0 saturated heterocycles. The van der Waals surface area contributed by atoms with Crippen molar-refractivity contribution in [2.24, 2.45) is 0 Å². The summed E-state index contributed by atoms with van der Waals surface area (Å²) in [6.45, 7) is 21.6. The lowest BCUT2D eigenvalue weighted by Crippen LogP contribution is -2.44. The Morgan fingerprint density at radius 3 is 0.923 bits per heavy atom. The van der Waals surface area contributed by atoms with Crippen LogP contribution in [0.1, 0.15) is 95.0 Å². The van der Waals surface area contributed by atoms with E-state index in [2.05, 4.69) is 145 Å². The molecule has 0 spiro atoms. The molecule has 4 aromatic heterocycles. The number of hydrogen-bond acceptors (Lipinski definition) is 12. The molecule has 12 rings (SSSR count). The van der Waals surface area contributed by atoms with E-state index in [0.29, 0.717) is 90.7 Å². The highest BCUT2D eigenvalue weighted by molar-refractivity contribution is 6.54. The van der Waals surface area contributed by atoms with Gasteiger partial charge in [0.05, 0.1) is 55.0 Å². The Labute approximate surface area is 625 Å². The normalized spacial score (nSPS) is 13.5. The molecule has 0 N–H and O–H groups in total. The lowest BCUT2D eigenvalue weighted by Gasteiger charge is -2.44. The van der Waals surface area contributed by atoms with Crippen molar-refractivity contribution in [3.05, 3.63) is 334 Å². The van der Waals surface area contributed by atoms with Crippen molar-refractivity contribution in [2.75, 3.05) is 13.2 Å². The SMILES string of the molecule is CCOc1ccc(C(C[Si])(OC(C[Si])(c2ccc(OCC)cc2)c2cc(C)c(C)c(Oc3ccccc3)n2)c2cc(C)c(C)c(Oc3ccccc3)n2)cc1.Cc1ccc(C(C)(C[Si]c2ccccc2)OC(C)(C[Si]c2ccccc2)c2ccc(C)c(Oc3ccccc3)n2)nc1Oc1ccccc1. The summed E-state index contributed by atoms with van der Waals surface area (Å²) in [6.07, 6.45) is 0. The first-order chi connectivity index (χ1) is 50.4. The first-order valence-corrected chi connectivity index (χ1v) is 38.9. The maximum absolute atomic E-state index is 7.85. The van der Waals surface area contributed by atoms with E-state index < -0.39 is 22.4 Å². The van der Waals surface area contributed by atoms with Crippen LogP contribution in [0.3, 0.4) is 0 Å². The lowest BCUT2D eigenvalue weighted by molar-refractivity contribution is -0.136. The third-order valence-electron chi connectivity index (χ3n) is 18.2. The molecule has 4 atom stereocenters. The Balaban J connectivity index is 0.000000210. The van der Waals surface area contributed by atoms with Crippen molar-refractivity contribution in [3.8, 4) is 58.0 Å². The van der Waals surface area contributed by atoms with Gasteiger partial charge in [-0.15, -0.1) is 0 Å². The minimum absolute atomic E-state index is 0.324. The van der Waals surface area contributed by atoms with Crippen LogP contribution in [0.25, 0.3) is 0 Å². The molecule has 4 unspecified atom stereocenters. The number of benzene rings is 8. The van der Waals surface area contributed by atoms with E-state index in [0.717, 1.165) is 91.0 Å². The third-order valence-corrected chi connectivity index (χ3v) is 22.4. The van der Waals surface area contributed by atoms with Crippen molar-refractivity contribution < 1.29 is 37.9 Å². The summed E-state index contributed by atoms with van der Waals surface area (Å²) in [7, 11) is 9.04. The number of rotatable bonds is 30. The number of ether oxygens (including phenoxy) is 8. The molecule has 522 valence electrons. The minimum Gasteiger partial charge on any atom is -0.494 e. The maximum Gasteiger partial charge on any atom is 0.222 e. The van der Waals surface area contributed by atoms with Crippen molar-refractivity contribution in [2.45, 2.75) is 116 Å². The van der Waals surface area contributed by atoms with E-state index >= 15 is 0 Å². The van der Waals surface area contributed by atoms with E-state index in [4.69, 9.17) is 57.8 Å². The fraction of sp³-hybridized carbons (Fsp3) is 0.227. The van der Waals surface area contributed by atoms with Gasteiger partial charge >= 0.3 is 0 Å². The van der Waals surface area contributed by atoms with Gasteiger partial charge in [0.2, 0.25) is 23.5 Å². The molecule has 12 nitrogen and oxygen atoms in total. The fourth-order valence-corrected chi connectivity index (χ4v) is 15.4.